The molecule has 0 radical (unpaired) electrons. The van der Waals surface area contributed by atoms with E-state index >= 15 is 0 Å². The molecule has 0 spiro atoms. The van der Waals surface area contributed by atoms with Crippen molar-refractivity contribution in [1.29, 1.82) is 5.26 Å². The molecule has 0 bridgehead atoms. The van der Waals surface area contributed by atoms with E-state index < -0.39 is 9.05 Å². The molecule has 94 valence electrons. The highest BCUT2D eigenvalue weighted by Crippen LogP contribution is 2.21. The lowest BCUT2D eigenvalue weighted by Crippen LogP contribution is -2.09. The second kappa shape index (κ2) is 5.07. The van der Waals surface area contributed by atoms with Gasteiger partial charge in [0.15, 0.2) is 0 Å². The molecule has 17 heavy (non-hydrogen) atoms. The van der Waals surface area contributed by atoms with E-state index in [1.807, 2.05) is 13.8 Å². The Morgan fingerprint density at radius 3 is 2.71 bits per heavy atom. The predicted molar refractivity (Wildman–Crippen MR) is 63.9 cm³/mol. The SMILES string of the molecule is CC(C)(C#N)CCCn1cc(S(=O)(=O)Cl)cn1. The van der Waals surface area contributed by atoms with Crippen LogP contribution in [0.2, 0.25) is 0 Å². The molecule has 1 heterocycles. The average Bonchev–Trinajstić information content (AvgIpc) is 2.66. The van der Waals surface area contributed by atoms with Gasteiger partial charge in [0.25, 0.3) is 9.05 Å². The topological polar surface area (TPSA) is 75.8 Å². The molecular formula is C10H14ClN3O2S. The first kappa shape index (κ1) is 14.0. The van der Waals surface area contributed by atoms with Gasteiger partial charge in [-0.1, -0.05) is 0 Å². The molecule has 0 N–H and O–H groups in total. The Hall–Kier alpha value is -1.06. The van der Waals surface area contributed by atoms with Gasteiger partial charge in [-0.15, -0.1) is 0 Å². The van der Waals surface area contributed by atoms with Gasteiger partial charge in [-0.3, -0.25) is 4.68 Å². The lowest BCUT2D eigenvalue weighted by Gasteiger charge is -2.14. The van der Waals surface area contributed by atoms with Gasteiger partial charge >= 0.3 is 0 Å². The zero-order valence-electron chi connectivity index (χ0n) is 9.72. The maximum Gasteiger partial charge on any atom is 0.264 e. The van der Waals surface area contributed by atoms with E-state index in [2.05, 4.69) is 11.2 Å². The number of nitrogens with zero attached hydrogens (tertiary/aromatic N) is 3. The quantitative estimate of drug-likeness (QED) is 0.772. The van der Waals surface area contributed by atoms with E-state index in [0.29, 0.717) is 6.54 Å². The minimum Gasteiger partial charge on any atom is -0.271 e. The van der Waals surface area contributed by atoms with E-state index in [1.165, 1.54) is 17.1 Å². The van der Waals surface area contributed by atoms with Gasteiger partial charge in [0.1, 0.15) is 4.90 Å². The van der Waals surface area contributed by atoms with Crippen LogP contribution < -0.4 is 0 Å². The fourth-order valence-corrected chi connectivity index (χ4v) is 1.99. The van der Waals surface area contributed by atoms with Crippen molar-refractivity contribution in [3.8, 4) is 6.07 Å². The van der Waals surface area contributed by atoms with Crippen molar-refractivity contribution in [3.05, 3.63) is 12.4 Å². The summed E-state index contributed by atoms with van der Waals surface area (Å²) in [4.78, 5) is -0.00119. The van der Waals surface area contributed by atoms with E-state index in [0.717, 1.165) is 12.8 Å². The summed E-state index contributed by atoms with van der Waals surface area (Å²) >= 11 is 0. The van der Waals surface area contributed by atoms with Crippen molar-refractivity contribution < 1.29 is 8.42 Å². The Bertz CT molecular complexity index is 528. The van der Waals surface area contributed by atoms with Crippen molar-refractivity contribution in [1.82, 2.24) is 9.78 Å². The Morgan fingerprint density at radius 1 is 1.59 bits per heavy atom. The number of aromatic nitrogens is 2. The molecule has 0 amide bonds. The van der Waals surface area contributed by atoms with Gasteiger partial charge < -0.3 is 0 Å². The highest BCUT2D eigenvalue weighted by molar-refractivity contribution is 8.13. The maximum atomic E-state index is 11.0. The first-order chi connectivity index (χ1) is 7.74. The van der Waals surface area contributed by atoms with Gasteiger partial charge in [0.2, 0.25) is 0 Å². The second-order valence-corrected chi connectivity index (χ2v) is 7.04. The third kappa shape index (κ3) is 4.36. The van der Waals surface area contributed by atoms with Gasteiger partial charge in [-0.05, 0) is 26.7 Å². The van der Waals surface area contributed by atoms with Crippen molar-refractivity contribution >= 4 is 19.7 Å². The normalized spacial score (nSPS) is 12.4. The van der Waals surface area contributed by atoms with Crippen LogP contribution in [-0.4, -0.2) is 18.2 Å². The van der Waals surface area contributed by atoms with Crippen LogP contribution in [0.5, 0.6) is 0 Å². The predicted octanol–water partition coefficient (Wildman–Crippen LogP) is 2.14. The number of nitriles is 1. The molecule has 0 aromatic carbocycles. The summed E-state index contributed by atoms with van der Waals surface area (Å²) in [5, 5.41) is 12.7. The highest BCUT2D eigenvalue weighted by atomic mass is 35.7. The van der Waals surface area contributed by atoms with Gasteiger partial charge in [-0.2, -0.15) is 10.4 Å². The lowest BCUT2D eigenvalue weighted by atomic mass is 9.90. The zero-order valence-corrected chi connectivity index (χ0v) is 11.3. The molecule has 0 unspecified atom stereocenters. The molecule has 0 aliphatic carbocycles. The first-order valence-corrected chi connectivity index (χ1v) is 7.44. The summed E-state index contributed by atoms with van der Waals surface area (Å²) in [5.41, 5.74) is -0.367. The third-order valence-electron chi connectivity index (χ3n) is 2.38. The summed E-state index contributed by atoms with van der Waals surface area (Å²) in [5.74, 6) is 0. The molecule has 1 aromatic heterocycles. The monoisotopic (exact) mass is 275 g/mol. The van der Waals surface area contributed by atoms with Crippen LogP contribution >= 0.6 is 10.7 Å². The van der Waals surface area contributed by atoms with Crippen LogP contribution in [0, 0.1) is 16.7 Å². The molecule has 0 saturated carbocycles. The van der Waals surface area contributed by atoms with Crippen molar-refractivity contribution in [2.24, 2.45) is 5.41 Å². The molecule has 0 aliphatic rings. The molecule has 0 fully saturated rings. The van der Waals surface area contributed by atoms with E-state index in [-0.39, 0.29) is 10.3 Å². The number of halogens is 1. The largest absolute Gasteiger partial charge is 0.271 e. The molecular weight excluding hydrogens is 262 g/mol. The lowest BCUT2D eigenvalue weighted by molar-refractivity contribution is 0.407. The number of hydrogen-bond donors (Lipinski definition) is 0. The molecule has 0 atom stereocenters. The van der Waals surface area contributed by atoms with Gasteiger partial charge in [-0.25, -0.2) is 8.42 Å². The minimum atomic E-state index is -3.70. The Kier molecular flexibility index (Phi) is 4.17. The summed E-state index contributed by atoms with van der Waals surface area (Å²) in [6.07, 6.45) is 4.09. The molecule has 1 aromatic rings. The third-order valence-corrected chi connectivity index (χ3v) is 3.69. The van der Waals surface area contributed by atoms with Crippen LogP contribution in [-0.2, 0) is 15.6 Å². The summed E-state index contributed by atoms with van der Waals surface area (Å²) in [6, 6.07) is 2.21. The molecule has 7 heteroatoms. The maximum absolute atomic E-state index is 11.0. The standard InChI is InChI=1S/C10H14ClN3O2S/c1-10(2,8-12)4-3-5-14-7-9(6-13-14)17(11,15)16/h6-7H,3-5H2,1-2H3. The molecule has 5 nitrogen and oxygen atoms in total. The minimum absolute atomic E-state index is 0.00119. The van der Waals surface area contributed by atoms with Gasteiger partial charge in [0, 0.05) is 23.4 Å². The van der Waals surface area contributed by atoms with E-state index in [1.54, 1.807) is 0 Å². The van der Waals surface area contributed by atoms with Crippen LogP contribution in [0.3, 0.4) is 0 Å². The first-order valence-electron chi connectivity index (χ1n) is 5.13. The molecule has 0 aliphatic heterocycles. The highest BCUT2D eigenvalue weighted by Gasteiger charge is 2.16. The number of hydrogen-bond acceptors (Lipinski definition) is 4. The average molecular weight is 276 g/mol. The van der Waals surface area contributed by atoms with Crippen LogP contribution in [0.25, 0.3) is 0 Å². The van der Waals surface area contributed by atoms with Crippen LogP contribution in [0.15, 0.2) is 17.3 Å². The Labute approximate surface area is 105 Å². The van der Waals surface area contributed by atoms with Crippen LogP contribution in [0.1, 0.15) is 26.7 Å². The fourth-order valence-electron chi connectivity index (χ4n) is 1.33. The van der Waals surface area contributed by atoms with E-state index in [9.17, 15) is 8.42 Å². The smallest absolute Gasteiger partial charge is 0.264 e. The second-order valence-electron chi connectivity index (χ2n) is 4.48. The summed E-state index contributed by atoms with van der Waals surface area (Å²) < 4.78 is 23.5. The Balaban J connectivity index is 2.55. The summed E-state index contributed by atoms with van der Waals surface area (Å²) in [6.45, 7) is 4.30. The van der Waals surface area contributed by atoms with Crippen molar-refractivity contribution in [2.75, 3.05) is 0 Å². The summed E-state index contributed by atoms with van der Waals surface area (Å²) in [7, 11) is 1.47. The van der Waals surface area contributed by atoms with Crippen molar-refractivity contribution in [3.63, 3.8) is 0 Å². The number of rotatable bonds is 5. The fraction of sp³-hybridized carbons (Fsp3) is 0.600. The Morgan fingerprint density at radius 2 is 2.24 bits per heavy atom. The van der Waals surface area contributed by atoms with E-state index in [4.69, 9.17) is 15.9 Å². The van der Waals surface area contributed by atoms with Gasteiger partial charge in [0.05, 0.1) is 17.7 Å². The molecule has 1 rings (SSSR count). The molecule has 0 saturated heterocycles. The number of aryl methyl sites for hydroxylation is 1. The zero-order chi connectivity index (χ0) is 13.1. The van der Waals surface area contributed by atoms with Crippen LogP contribution in [0.4, 0.5) is 0 Å². The van der Waals surface area contributed by atoms with Crippen molar-refractivity contribution in [2.45, 2.75) is 38.1 Å².